The first kappa shape index (κ1) is 15.7. The summed E-state index contributed by atoms with van der Waals surface area (Å²) < 4.78 is 50.4. The zero-order valence-corrected chi connectivity index (χ0v) is 13.0. The first-order valence-corrected chi connectivity index (χ1v) is 9.55. The predicted octanol–water partition coefficient (Wildman–Crippen LogP) is 0.519. The van der Waals surface area contributed by atoms with Gasteiger partial charge in [0.25, 0.3) is 0 Å². The second-order valence-corrected chi connectivity index (χ2v) is 8.83. The maximum absolute atomic E-state index is 12.3. The number of hydrogen-bond acceptors (Lipinski definition) is 4. The van der Waals surface area contributed by atoms with Gasteiger partial charge in [-0.1, -0.05) is 18.2 Å². The van der Waals surface area contributed by atoms with E-state index >= 15 is 0 Å². The summed E-state index contributed by atoms with van der Waals surface area (Å²) in [5.41, 5.74) is 0. The van der Waals surface area contributed by atoms with Crippen LogP contribution in [0.1, 0.15) is 0 Å². The molecule has 1 aromatic carbocycles. The fourth-order valence-electron chi connectivity index (χ4n) is 2.00. The van der Waals surface area contributed by atoms with Crippen molar-refractivity contribution in [3.05, 3.63) is 30.3 Å². The third-order valence-corrected chi connectivity index (χ3v) is 7.28. The predicted molar refractivity (Wildman–Crippen MR) is 76.4 cm³/mol. The number of benzene rings is 1. The van der Waals surface area contributed by atoms with Crippen LogP contribution in [0.5, 0.6) is 0 Å². The highest BCUT2D eigenvalue weighted by atomic mass is 35.5. The van der Waals surface area contributed by atoms with Crippen LogP contribution in [0.25, 0.3) is 0 Å². The molecule has 0 N–H and O–H groups in total. The third-order valence-electron chi connectivity index (χ3n) is 3.11. The van der Waals surface area contributed by atoms with E-state index in [0.29, 0.717) is 0 Å². The Labute approximate surface area is 124 Å². The van der Waals surface area contributed by atoms with Crippen molar-refractivity contribution in [3.8, 4) is 0 Å². The average molecular weight is 339 g/mol. The van der Waals surface area contributed by atoms with E-state index in [2.05, 4.69) is 0 Å². The molecule has 0 saturated carbocycles. The SMILES string of the molecule is O=S(=O)(CCl)N1CCN(S(=O)(=O)c2ccccc2)CC1. The molecule has 20 heavy (non-hydrogen) atoms. The Morgan fingerprint density at radius 2 is 1.40 bits per heavy atom. The Bertz CT molecular complexity index is 653. The fraction of sp³-hybridized carbons (Fsp3) is 0.455. The van der Waals surface area contributed by atoms with E-state index in [9.17, 15) is 16.8 Å². The molecule has 0 amide bonds. The quantitative estimate of drug-likeness (QED) is 0.750. The van der Waals surface area contributed by atoms with Gasteiger partial charge in [0.05, 0.1) is 4.90 Å². The van der Waals surface area contributed by atoms with Gasteiger partial charge in [0, 0.05) is 26.2 Å². The molecule has 0 aliphatic carbocycles. The van der Waals surface area contributed by atoms with Gasteiger partial charge in [0.15, 0.2) is 0 Å². The van der Waals surface area contributed by atoms with Crippen LogP contribution in [0.4, 0.5) is 0 Å². The summed E-state index contributed by atoms with van der Waals surface area (Å²) in [6.45, 7) is 0.517. The zero-order chi connectivity index (χ0) is 14.8. The van der Waals surface area contributed by atoms with Crippen molar-refractivity contribution in [1.82, 2.24) is 8.61 Å². The Hall–Kier alpha value is -0.670. The lowest BCUT2D eigenvalue weighted by molar-refractivity contribution is 0.273. The van der Waals surface area contributed by atoms with Crippen LogP contribution in [0.15, 0.2) is 35.2 Å². The first-order valence-electron chi connectivity index (χ1n) is 5.97. The summed E-state index contributed by atoms with van der Waals surface area (Å²) >= 11 is 5.39. The number of piperazine rings is 1. The number of halogens is 1. The second kappa shape index (κ2) is 5.98. The molecule has 6 nitrogen and oxygen atoms in total. The minimum absolute atomic E-state index is 0.126. The number of alkyl halides is 1. The van der Waals surface area contributed by atoms with E-state index in [0.717, 1.165) is 0 Å². The molecule has 1 heterocycles. The fourth-order valence-corrected chi connectivity index (χ4v) is 4.71. The van der Waals surface area contributed by atoms with Gasteiger partial charge >= 0.3 is 0 Å². The van der Waals surface area contributed by atoms with E-state index in [1.807, 2.05) is 0 Å². The Kier molecular flexibility index (Phi) is 4.70. The van der Waals surface area contributed by atoms with Gasteiger partial charge in [-0.05, 0) is 12.1 Å². The van der Waals surface area contributed by atoms with Crippen molar-refractivity contribution >= 4 is 31.6 Å². The molecule has 9 heteroatoms. The summed E-state index contributed by atoms with van der Waals surface area (Å²) in [4.78, 5) is 0.216. The van der Waals surface area contributed by atoms with Gasteiger partial charge < -0.3 is 0 Å². The second-order valence-electron chi connectivity index (χ2n) is 4.34. The molecule has 1 saturated heterocycles. The lowest BCUT2D eigenvalue weighted by Gasteiger charge is -2.32. The molecule has 0 aromatic heterocycles. The maximum atomic E-state index is 12.3. The van der Waals surface area contributed by atoms with Gasteiger partial charge in [-0.2, -0.15) is 8.61 Å². The van der Waals surface area contributed by atoms with E-state index in [1.165, 1.54) is 20.7 Å². The van der Waals surface area contributed by atoms with Crippen molar-refractivity contribution in [1.29, 1.82) is 0 Å². The number of hydrogen-bond donors (Lipinski definition) is 0. The molecular formula is C11H15ClN2O4S2. The van der Waals surface area contributed by atoms with Crippen molar-refractivity contribution < 1.29 is 16.8 Å². The van der Waals surface area contributed by atoms with E-state index in [4.69, 9.17) is 11.6 Å². The minimum Gasteiger partial charge on any atom is -0.211 e. The Balaban J connectivity index is 2.12. The van der Waals surface area contributed by atoms with E-state index in [1.54, 1.807) is 18.2 Å². The summed E-state index contributed by atoms with van der Waals surface area (Å²) in [6, 6.07) is 8.10. The van der Waals surface area contributed by atoms with Crippen LogP contribution in [-0.2, 0) is 20.0 Å². The molecule has 0 spiro atoms. The van der Waals surface area contributed by atoms with Crippen molar-refractivity contribution in [2.24, 2.45) is 0 Å². The van der Waals surface area contributed by atoms with Gasteiger partial charge in [-0.15, -0.1) is 11.6 Å². The van der Waals surface area contributed by atoms with E-state index < -0.39 is 25.3 Å². The molecule has 1 aromatic rings. The average Bonchev–Trinajstić information content (AvgIpc) is 2.48. The third kappa shape index (κ3) is 3.15. The summed E-state index contributed by atoms with van der Waals surface area (Å²) in [5.74, 6) is 0. The molecule has 0 bridgehead atoms. The number of nitrogens with zero attached hydrogens (tertiary/aromatic N) is 2. The Morgan fingerprint density at radius 3 is 1.90 bits per heavy atom. The summed E-state index contributed by atoms with van der Waals surface area (Å²) in [6.07, 6.45) is 0. The van der Waals surface area contributed by atoms with E-state index in [-0.39, 0.29) is 31.1 Å². The Morgan fingerprint density at radius 1 is 0.900 bits per heavy atom. The van der Waals surface area contributed by atoms with Gasteiger partial charge in [-0.3, -0.25) is 0 Å². The van der Waals surface area contributed by atoms with Gasteiger partial charge in [0.1, 0.15) is 5.21 Å². The molecule has 0 atom stereocenters. The maximum Gasteiger partial charge on any atom is 0.243 e. The van der Waals surface area contributed by atoms with Crippen molar-refractivity contribution in [3.63, 3.8) is 0 Å². The first-order chi connectivity index (χ1) is 9.38. The van der Waals surface area contributed by atoms with Crippen LogP contribution in [0.2, 0.25) is 0 Å². The topological polar surface area (TPSA) is 74.8 Å². The van der Waals surface area contributed by atoms with Crippen LogP contribution in [-0.4, -0.2) is 56.8 Å². The zero-order valence-electron chi connectivity index (χ0n) is 10.6. The monoisotopic (exact) mass is 338 g/mol. The standard InChI is InChI=1S/C11H15ClN2O4S2/c12-10-19(15,16)13-6-8-14(9-7-13)20(17,18)11-4-2-1-3-5-11/h1-5H,6-10H2. The molecular weight excluding hydrogens is 324 g/mol. The van der Waals surface area contributed by atoms with Crippen LogP contribution >= 0.6 is 11.6 Å². The van der Waals surface area contributed by atoms with Crippen molar-refractivity contribution in [2.75, 3.05) is 31.4 Å². The molecule has 112 valence electrons. The number of sulfonamides is 2. The largest absolute Gasteiger partial charge is 0.243 e. The van der Waals surface area contributed by atoms with Crippen molar-refractivity contribution in [2.45, 2.75) is 4.90 Å². The van der Waals surface area contributed by atoms with Gasteiger partial charge in [-0.25, -0.2) is 16.8 Å². The molecule has 1 fully saturated rings. The molecule has 1 aliphatic rings. The van der Waals surface area contributed by atoms with Crippen LogP contribution in [0.3, 0.4) is 0 Å². The highest BCUT2D eigenvalue weighted by Crippen LogP contribution is 2.18. The normalized spacial score (nSPS) is 19.1. The molecule has 0 radical (unpaired) electrons. The lowest BCUT2D eigenvalue weighted by Crippen LogP contribution is -2.50. The summed E-state index contributed by atoms with van der Waals surface area (Å²) in [7, 11) is -7.04. The molecule has 0 unspecified atom stereocenters. The minimum atomic E-state index is -3.56. The highest BCUT2D eigenvalue weighted by molar-refractivity contribution is 7.90. The van der Waals surface area contributed by atoms with Crippen LogP contribution in [0, 0.1) is 0 Å². The summed E-state index contributed by atoms with van der Waals surface area (Å²) in [5, 5.41) is -0.488. The van der Waals surface area contributed by atoms with Crippen LogP contribution < -0.4 is 0 Å². The number of rotatable bonds is 4. The smallest absolute Gasteiger partial charge is 0.211 e. The molecule has 1 aliphatic heterocycles. The highest BCUT2D eigenvalue weighted by Gasteiger charge is 2.32. The van der Waals surface area contributed by atoms with Gasteiger partial charge in [0.2, 0.25) is 20.0 Å². The molecule has 2 rings (SSSR count). The lowest BCUT2D eigenvalue weighted by atomic mass is 10.4.